The zero-order chi connectivity index (χ0) is 12.7. The van der Waals surface area contributed by atoms with E-state index >= 15 is 0 Å². The number of rotatable bonds is 7. The van der Waals surface area contributed by atoms with Gasteiger partial charge in [-0.2, -0.15) is 0 Å². The summed E-state index contributed by atoms with van der Waals surface area (Å²) in [5.41, 5.74) is 0.348. The molecule has 0 aliphatic rings. The highest BCUT2D eigenvalue weighted by atomic mass is 16.5. The predicted octanol–water partition coefficient (Wildman–Crippen LogP) is 1.06. The maximum Gasteiger partial charge on any atom is 0.168 e. The van der Waals surface area contributed by atoms with Crippen LogP contribution in [-0.4, -0.2) is 41.8 Å². The van der Waals surface area contributed by atoms with E-state index in [-0.39, 0.29) is 19.3 Å². The molecule has 1 N–H and O–H groups in total. The minimum Gasteiger partial charge on any atom is -0.489 e. The Morgan fingerprint density at radius 3 is 2.71 bits per heavy atom. The Balaban J connectivity index is 2.31. The van der Waals surface area contributed by atoms with Gasteiger partial charge in [-0.3, -0.25) is 4.79 Å². The van der Waals surface area contributed by atoms with Crippen molar-refractivity contribution in [1.29, 1.82) is 0 Å². The molecule has 1 aromatic rings. The van der Waals surface area contributed by atoms with Crippen molar-refractivity contribution >= 4 is 6.29 Å². The summed E-state index contributed by atoms with van der Waals surface area (Å²) >= 11 is 0. The Hall–Kier alpha value is -1.46. The van der Waals surface area contributed by atoms with E-state index in [0.717, 1.165) is 0 Å². The Morgan fingerprint density at radius 2 is 2.18 bits per heavy atom. The van der Waals surface area contributed by atoms with Crippen molar-refractivity contribution in [2.75, 3.05) is 13.2 Å². The van der Waals surface area contributed by atoms with Crippen LogP contribution in [0.2, 0.25) is 0 Å². The number of hydrogen-bond acceptors (Lipinski definition) is 5. The smallest absolute Gasteiger partial charge is 0.168 e. The number of aromatic nitrogens is 1. The number of aldehydes is 1. The molecule has 5 nitrogen and oxygen atoms in total. The van der Waals surface area contributed by atoms with E-state index in [9.17, 15) is 9.90 Å². The second-order valence-corrected chi connectivity index (χ2v) is 3.88. The fraction of sp³-hybridized carbons (Fsp3) is 0.500. The van der Waals surface area contributed by atoms with Crippen molar-refractivity contribution in [3.63, 3.8) is 0 Å². The van der Waals surface area contributed by atoms with Crippen molar-refractivity contribution in [2.24, 2.45) is 0 Å². The van der Waals surface area contributed by atoms with Gasteiger partial charge in [-0.05, 0) is 26.0 Å². The van der Waals surface area contributed by atoms with Gasteiger partial charge in [0.2, 0.25) is 0 Å². The molecule has 0 aliphatic heterocycles. The third-order valence-electron chi connectivity index (χ3n) is 1.94. The van der Waals surface area contributed by atoms with Crippen LogP contribution < -0.4 is 4.74 Å². The van der Waals surface area contributed by atoms with Gasteiger partial charge in [0.1, 0.15) is 24.2 Å². The Labute approximate surface area is 100 Å². The Bertz CT molecular complexity index is 337. The molecule has 0 fully saturated rings. The molecule has 94 valence electrons. The van der Waals surface area contributed by atoms with Crippen LogP contribution in [0.15, 0.2) is 18.3 Å². The molecule has 1 aromatic heterocycles. The van der Waals surface area contributed by atoms with Gasteiger partial charge in [-0.15, -0.1) is 0 Å². The number of hydrogen-bond donors (Lipinski definition) is 1. The lowest BCUT2D eigenvalue weighted by molar-refractivity contribution is -0.0123. The zero-order valence-electron chi connectivity index (χ0n) is 10.00. The van der Waals surface area contributed by atoms with Crippen LogP contribution >= 0.6 is 0 Å². The van der Waals surface area contributed by atoms with Gasteiger partial charge >= 0.3 is 0 Å². The lowest BCUT2D eigenvalue weighted by atomic mass is 10.3. The topological polar surface area (TPSA) is 68.7 Å². The second kappa shape index (κ2) is 6.98. The largest absolute Gasteiger partial charge is 0.489 e. The number of nitrogens with zero attached hydrogens (tertiary/aromatic N) is 1. The van der Waals surface area contributed by atoms with Crippen molar-refractivity contribution in [2.45, 2.75) is 26.1 Å². The van der Waals surface area contributed by atoms with Crippen molar-refractivity contribution < 1.29 is 19.4 Å². The first-order valence-corrected chi connectivity index (χ1v) is 5.45. The monoisotopic (exact) mass is 239 g/mol. The molecule has 5 heteroatoms. The summed E-state index contributed by atoms with van der Waals surface area (Å²) in [5.74, 6) is 0.513. The number of carbonyl (C=O) groups is 1. The van der Waals surface area contributed by atoms with Gasteiger partial charge in [0, 0.05) is 0 Å². The van der Waals surface area contributed by atoms with E-state index < -0.39 is 6.10 Å². The minimum atomic E-state index is -0.678. The van der Waals surface area contributed by atoms with E-state index in [4.69, 9.17) is 9.47 Å². The minimum absolute atomic E-state index is 0.0817. The lowest BCUT2D eigenvalue weighted by Gasteiger charge is -2.14. The number of ether oxygens (including phenoxy) is 2. The van der Waals surface area contributed by atoms with Crippen molar-refractivity contribution in [3.8, 4) is 5.75 Å². The molecule has 0 bridgehead atoms. The van der Waals surface area contributed by atoms with E-state index in [1.54, 1.807) is 12.1 Å². The van der Waals surface area contributed by atoms with Crippen LogP contribution in [0.4, 0.5) is 0 Å². The third-order valence-corrected chi connectivity index (χ3v) is 1.94. The number of aliphatic hydroxyl groups excluding tert-OH is 1. The molecule has 0 aromatic carbocycles. The normalized spacial score (nSPS) is 12.5. The van der Waals surface area contributed by atoms with E-state index in [1.807, 2.05) is 13.8 Å². The highest BCUT2D eigenvalue weighted by molar-refractivity contribution is 5.71. The predicted molar refractivity (Wildman–Crippen MR) is 62.2 cm³/mol. The van der Waals surface area contributed by atoms with Gasteiger partial charge < -0.3 is 14.6 Å². The van der Waals surface area contributed by atoms with Crippen LogP contribution in [0.1, 0.15) is 24.3 Å². The maximum atomic E-state index is 10.4. The standard InChI is InChI=1S/C12H17NO4/c1-9(2)16-7-11(15)8-17-12-4-3-10(6-14)13-5-12/h3-6,9,11,15H,7-8H2,1-2H3. The summed E-state index contributed by atoms with van der Waals surface area (Å²) in [7, 11) is 0. The first-order chi connectivity index (χ1) is 8.11. The Morgan fingerprint density at radius 1 is 1.41 bits per heavy atom. The molecule has 0 radical (unpaired) electrons. The van der Waals surface area contributed by atoms with E-state index in [2.05, 4.69) is 4.98 Å². The molecule has 0 aliphatic carbocycles. The third kappa shape index (κ3) is 5.42. The summed E-state index contributed by atoms with van der Waals surface area (Å²) in [4.78, 5) is 14.2. The molecule has 0 saturated heterocycles. The molecule has 1 atom stereocenters. The molecule has 1 unspecified atom stereocenters. The van der Waals surface area contributed by atoms with E-state index in [0.29, 0.717) is 17.7 Å². The number of pyridine rings is 1. The first kappa shape index (κ1) is 13.6. The summed E-state index contributed by atoms with van der Waals surface area (Å²) in [6, 6.07) is 3.19. The van der Waals surface area contributed by atoms with Crippen LogP contribution in [0, 0.1) is 0 Å². The maximum absolute atomic E-state index is 10.4. The fourth-order valence-electron chi connectivity index (χ4n) is 1.09. The van der Waals surface area contributed by atoms with Gasteiger partial charge in [-0.25, -0.2) is 4.98 Å². The van der Waals surface area contributed by atoms with Crippen molar-refractivity contribution in [3.05, 3.63) is 24.0 Å². The van der Waals surface area contributed by atoms with E-state index in [1.165, 1.54) is 6.20 Å². The average molecular weight is 239 g/mol. The van der Waals surface area contributed by atoms with Crippen LogP contribution in [0.5, 0.6) is 5.75 Å². The quantitative estimate of drug-likeness (QED) is 0.720. The molecular weight excluding hydrogens is 222 g/mol. The fourth-order valence-corrected chi connectivity index (χ4v) is 1.09. The van der Waals surface area contributed by atoms with Crippen LogP contribution in [0.3, 0.4) is 0 Å². The summed E-state index contributed by atoms with van der Waals surface area (Å²) < 4.78 is 10.5. The first-order valence-electron chi connectivity index (χ1n) is 5.45. The molecule has 1 rings (SSSR count). The van der Waals surface area contributed by atoms with Gasteiger partial charge in [0.25, 0.3) is 0 Å². The molecule has 0 saturated carbocycles. The highest BCUT2D eigenvalue weighted by Gasteiger charge is 2.07. The molecular formula is C12H17NO4. The molecule has 17 heavy (non-hydrogen) atoms. The number of aliphatic hydroxyl groups is 1. The van der Waals surface area contributed by atoms with Crippen molar-refractivity contribution in [1.82, 2.24) is 4.98 Å². The SMILES string of the molecule is CC(C)OCC(O)COc1ccc(C=O)nc1. The lowest BCUT2D eigenvalue weighted by Crippen LogP contribution is -2.25. The molecule has 1 heterocycles. The van der Waals surface area contributed by atoms with Gasteiger partial charge in [0.15, 0.2) is 6.29 Å². The summed E-state index contributed by atoms with van der Waals surface area (Å²) in [5, 5.41) is 9.53. The highest BCUT2D eigenvalue weighted by Crippen LogP contribution is 2.08. The summed E-state index contributed by atoms with van der Waals surface area (Å²) in [6.07, 6.45) is 1.51. The molecule has 0 spiro atoms. The summed E-state index contributed by atoms with van der Waals surface area (Å²) in [6.45, 7) is 4.16. The molecule has 0 amide bonds. The Kier molecular flexibility index (Phi) is 5.59. The zero-order valence-corrected chi connectivity index (χ0v) is 10.00. The van der Waals surface area contributed by atoms with Gasteiger partial charge in [-0.1, -0.05) is 0 Å². The van der Waals surface area contributed by atoms with Gasteiger partial charge in [0.05, 0.1) is 18.9 Å². The number of carbonyl (C=O) groups excluding carboxylic acids is 1. The van der Waals surface area contributed by atoms with Crippen LogP contribution in [0.25, 0.3) is 0 Å². The van der Waals surface area contributed by atoms with Crippen LogP contribution in [-0.2, 0) is 4.74 Å². The second-order valence-electron chi connectivity index (χ2n) is 3.88. The average Bonchev–Trinajstić information content (AvgIpc) is 2.34.